The van der Waals surface area contributed by atoms with Crippen molar-refractivity contribution in [3.8, 4) is 0 Å². The van der Waals surface area contributed by atoms with Gasteiger partial charge in [-0.25, -0.2) is 4.57 Å². The van der Waals surface area contributed by atoms with Gasteiger partial charge < -0.3 is 9.11 Å². The Morgan fingerprint density at radius 3 is 2.00 bits per heavy atom. The molecular formula is C13H22NO3S-. The third-order valence-corrected chi connectivity index (χ3v) is 2.55. The van der Waals surface area contributed by atoms with Gasteiger partial charge in [0.1, 0.15) is 6.54 Å². The van der Waals surface area contributed by atoms with Crippen LogP contribution in [0.2, 0.25) is 0 Å². The molecule has 0 N–H and O–H groups in total. The first-order valence-electron chi connectivity index (χ1n) is 6.37. The van der Waals surface area contributed by atoms with Gasteiger partial charge in [0.15, 0.2) is 12.4 Å². The van der Waals surface area contributed by atoms with E-state index in [0.29, 0.717) is 0 Å². The van der Waals surface area contributed by atoms with Gasteiger partial charge in [-0.3, -0.25) is 4.21 Å². The molecule has 0 fully saturated rings. The first-order chi connectivity index (χ1) is 8.66. The van der Waals surface area contributed by atoms with Gasteiger partial charge in [-0.15, -0.1) is 11.4 Å². The van der Waals surface area contributed by atoms with E-state index in [4.69, 9.17) is 13.3 Å². The van der Waals surface area contributed by atoms with Crippen molar-refractivity contribution in [2.24, 2.45) is 0 Å². The number of unbranched alkanes of at least 4 members (excludes halogenated alkanes) is 5. The smallest absolute Gasteiger partial charge is 0.168 e. The summed E-state index contributed by atoms with van der Waals surface area (Å²) >= 11 is -3.11. The molecule has 0 saturated heterocycles. The van der Waals surface area contributed by atoms with E-state index >= 15 is 0 Å². The van der Waals surface area contributed by atoms with Crippen molar-refractivity contribution < 1.29 is 17.9 Å². The molecular weight excluding hydrogens is 250 g/mol. The van der Waals surface area contributed by atoms with Crippen LogP contribution in [0.4, 0.5) is 0 Å². The fraction of sp³-hybridized carbons (Fsp3) is 0.615. The van der Waals surface area contributed by atoms with Crippen LogP contribution in [0.3, 0.4) is 0 Å². The minimum Gasteiger partial charge on any atom is -0.784 e. The number of rotatable bonds is 7. The summed E-state index contributed by atoms with van der Waals surface area (Å²) in [6.07, 6.45) is 12.5. The molecule has 104 valence electrons. The lowest BCUT2D eigenvalue weighted by Crippen LogP contribution is -2.32. The fourth-order valence-electron chi connectivity index (χ4n) is 1.66. The SMILES string of the molecule is CCCCCCCC[n+]1ccccc1.O=S([O-])[O-]. The second-order valence-corrected chi connectivity index (χ2v) is 4.49. The maximum atomic E-state index is 8.44. The monoisotopic (exact) mass is 272 g/mol. The van der Waals surface area contributed by atoms with E-state index in [-0.39, 0.29) is 0 Å². The van der Waals surface area contributed by atoms with Crippen molar-refractivity contribution in [3.63, 3.8) is 0 Å². The van der Waals surface area contributed by atoms with E-state index in [1.165, 1.54) is 45.1 Å². The number of pyridine rings is 1. The minimum absolute atomic E-state index is 1.17. The van der Waals surface area contributed by atoms with E-state index in [2.05, 4.69) is 42.1 Å². The molecule has 0 aromatic carbocycles. The summed E-state index contributed by atoms with van der Waals surface area (Å²) < 4.78 is 27.6. The lowest BCUT2D eigenvalue weighted by Gasteiger charge is -2.03. The van der Waals surface area contributed by atoms with Crippen LogP contribution >= 0.6 is 0 Å². The maximum absolute atomic E-state index is 8.44. The molecule has 0 amide bonds. The highest BCUT2D eigenvalue weighted by atomic mass is 32.2. The molecule has 0 saturated carbocycles. The molecule has 4 nitrogen and oxygen atoms in total. The van der Waals surface area contributed by atoms with Gasteiger partial charge in [0, 0.05) is 18.6 Å². The average molecular weight is 272 g/mol. The standard InChI is InChI=1S/C13H22N.H2O3S/c1-2-3-4-5-6-8-11-14-12-9-7-10-13-14;1-4(2)3/h7,9-10,12-13H,2-6,8,11H2,1H3;(H2,1,2,3)/q+1;/p-2. The van der Waals surface area contributed by atoms with Crippen LogP contribution in [0.1, 0.15) is 45.4 Å². The van der Waals surface area contributed by atoms with Crippen molar-refractivity contribution in [2.75, 3.05) is 0 Å². The molecule has 0 aliphatic rings. The molecule has 1 heterocycles. The van der Waals surface area contributed by atoms with Crippen LogP contribution in [0, 0.1) is 0 Å². The Bertz CT molecular complexity index is 302. The zero-order chi connectivity index (χ0) is 13.6. The van der Waals surface area contributed by atoms with Gasteiger partial charge in [0.05, 0.1) is 0 Å². The first kappa shape index (κ1) is 17.2. The Balaban J connectivity index is 0.000000631. The average Bonchev–Trinajstić information content (AvgIpc) is 2.34. The van der Waals surface area contributed by atoms with E-state index in [1.807, 2.05) is 0 Å². The molecule has 0 atom stereocenters. The predicted octanol–water partition coefficient (Wildman–Crippen LogP) is 2.33. The van der Waals surface area contributed by atoms with Crippen LogP contribution in [0.15, 0.2) is 30.6 Å². The largest absolute Gasteiger partial charge is 0.784 e. The lowest BCUT2D eigenvalue weighted by molar-refractivity contribution is -0.697. The zero-order valence-corrected chi connectivity index (χ0v) is 11.7. The summed E-state index contributed by atoms with van der Waals surface area (Å²) in [7, 11) is 0. The molecule has 0 aliphatic carbocycles. The predicted molar refractivity (Wildman–Crippen MR) is 69.7 cm³/mol. The van der Waals surface area contributed by atoms with Crippen LogP contribution < -0.4 is 4.57 Å². The summed E-state index contributed by atoms with van der Waals surface area (Å²) in [4.78, 5) is 0. The summed E-state index contributed by atoms with van der Waals surface area (Å²) in [5.41, 5.74) is 0. The fourth-order valence-corrected chi connectivity index (χ4v) is 1.66. The molecule has 1 rings (SSSR count). The van der Waals surface area contributed by atoms with E-state index in [9.17, 15) is 0 Å². The number of aromatic nitrogens is 1. The van der Waals surface area contributed by atoms with Gasteiger partial charge in [-0.2, -0.15) is 0 Å². The van der Waals surface area contributed by atoms with Gasteiger partial charge >= 0.3 is 0 Å². The molecule has 5 heteroatoms. The second kappa shape index (κ2) is 12.7. The van der Waals surface area contributed by atoms with Gasteiger partial charge in [0.25, 0.3) is 0 Å². The molecule has 1 aromatic rings. The number of nitrogens with zero attached hydrogens (tertiary/aromatic N) is 1. The third-order valence-electron chi connectivity index (χ3n) is 2.55. The highest BCUT2D eigenvalue weighted by molar-refractivity contribution is 7.72. The molecule has 0 bridgehead atoms. The van der Waals surface area contributed by atoms with Crippen molar-refractivity contribution in [1.82, 2.24) is 0 Å². The van der Waals surface area contributed by atoms with E-state index in [1.54, 1.807) is 0 Å². The number of hydrogen-bond acceptors (Lipinski definition) is 3. The van der Waals surface area contributed by atoms with E-state index < -0.39 is 11.4 Å². The van der Waals surface area contributed by atoms with Crippen molar-refractivity contribution in [2.45, 2.75) is 52.0 Å². The van der Waals surface area contributed by atoms with Gasteiger partial charge in [-0.05, 0) is 6.42 Å². The third kappa shape index (κ3) is 13.3. The van der Waals surface area contributed by atoms with Crippen molar-refractivity contribution in [3.05, 3.63) is 30.6 Å². The van der Waals surface area contributed by atoms with Crippen LogP contribution in [0.5, 0.6) is 0 Å². The van der Waals surface area contributed by atoms with Crippen molar-refractivity contribution >= 4 is 11.4 Å². The Morgan fingerprint density at radius 1 is 0.944 bits per heavy atom. The zero-order valence-electron chi connectivity index (χ0n) is 10.9. The summed E-state index contributed by atoms with van der Waals surface area (Å²) in [6.45, 7) is 3.44. The number of hydrogen-bond donors (Lipinski definition) is 0. The molecule has 18 heavy (non-hydrogen) atoms. The first-order valence-corrected chi connectivity index (χ1v) is 7.37. The minimum atomic E-state index is -3.11. The maximum Gasteiger partial charge on any atom is 0.168 e. The topological polar surface area (TPSA) is 67.1 Å². The molecule has 0 radical (unpaired) electrons. The summed E-state index contributed by atoms with van der Waals surface area (Å²) in [5.74, 6) is 0. The number of aryl methyl sites for hydroxylation is 1. The Morgan fingerprint density at radius 2 is 1.44 bits per heavy atom. The lowest BCUT2D eigenvalue weighted by atomic mass is 10.1. The molecule has 0 unspecified atom stereocenters. The summed E-state index contributed by atoms with van der Waals surface area (Å²) in [5, 5.41) is 0. The quantitative estimate of drug-likeness (QED) is 0.434. The van der Waals surface area contributed by atoms with E-state index in [0.717, 1.165) is 0 Å². The Labute approximate surface area is 112 Å². The Kier molecular flexibility index (Phi) is 12.1. The van der Waals surface area contributed by atoms with Gasteiger partial charge in [-0.1, -0.05) is 38.7 Å². The molecule has 1 aromatic heterocycles. The molecule has 0 spiro atoms. The van der Waals surface area contributed by atoms with Crippen LogP contribution in [0.25, 0.3) is 0 Å². The highest BCUT2D eigenvalue weighted by Gasteiger charge is 1.96. The highest BCUT2D eigenvalue weighted by Crippen LogP contribution is 2.04. The normalized spacial score (nSPS) is 10.0. The molecule has 0 aliphatic heterocycles. The van der Waals surface area contributed by atoms with Gasteiger partial charge in [0.2, 0.25) is 0 Å². The van der Waals surface area contributed by atoms with Crippen LogP contribution in [-0.2, 0) is 17.9 Å². The van der Waals surface area contributed by atoms with Crippen molar-refractivity contribution in [1.29, 1.82) is 0 Å². The second-order valence-electron chi connectivity index (χ2n) is 4.09. The summed E-state index contributed by atoms with van der Waals surface area (Å²) in [6, 6.07) is 6.26. The van der Waals surface area contributed by atoms with Crippen LogP contribution in [-0.4, -0.2) is 13.3 Å². The Hall–Kier alpha value is -0.780.